The number of benzene rings is 1. The van der Waals surface area contributed by atoms with Gasteiger partial charge in [0.2, 0.25) is 0 Å². The smallest absolute Gasteiger partial charge is 0.122 e. The van der Waals surface area contributed by atoms with Gasteiger partial charge in [0, 0.05) is 5.54 Å². The topological polar surface area (TPSA) is 21.3 Å². The van der Waals surface area contributed by atoms with Crippen molar-refractivity contribution in [2.24, 2.45) is 0 Å². The van der Waals surface area contributed by atoms with E-state index in [2.05, 4.69) is 38.2 Å². The summed E-state index contributed by atoms with van der Waals surface area (Å²) < 4.78 is 5.32. The molecule has 15 heavy (non-hydrogen) atoms. The molecule has 1 aromatic rings. The number of methoxy groups -OCH3 is 1. The zero-order valence-corrected chi connectivity index (χ0v) is 10.3. The van der Waals surface area contributed by atoms with Crippen molar-refractivity contribution < 1.29 is 4.74 Å². The minimum atomic E-state index is 0.0101. The van der Waals surface area contributed by atoms with Crippen molar-refractivity contribution in [3.63, 3.8) is 0 Å². The molecule has 1 N–H and O–H groups in total. The molecule has 0 aliphatic carbocycles. The Morgan fingerprint density at radius 3 is 2.47 bits per heavy atom. The molecule has 1 rings (SSSR count). The molecule has 0 aliphatic rings. The lowest BCUT2D eigenvalue weighted by atomic mass is 9.92. The molecule has 1 aromatic carbocycles. The van der Waals surface area contributed by atoms with Crippen LogP contribution in [0.15, 0.2) is 18.2 Å². The van der Waals surface area contributed by atoms with Gasteiger partial charge in [-0.05, 0) is 44.5 Å². The molecule has 2 heteroatoms. The van der Waals surface area contributed by atoms with E-state index in [-0.39, 0.29) is 5.54 Å². The van der Waals surface area contributed by atoms with Gasteiger partial charge in [-0.25, -0.2) is 0 Å². The Morgan fingerprint density at radius 2 is 2.00 bits per heavy atom. The van der Waals surface area contributed by atoms with Crippen LogP contribution < -0.4 is 10.1 Å². The lowest BCUT2D eigenvalue weighted by molar-refractivity contribution is 0.407. The number of hydrogen-bond donors (Lipinski definition) is 1. The van der Waals surface area contributed by atoms with E-state index in [9.17, 15) is 0 Å². The fourth-order valence-electron chi connectivity index (χ4n) is 1.59. The van der Waals surface area contributed by atoms with Gasteiger partial charge in [-0.2, -0.15) is 0 Å². The van der Waals surface area contributed by atoms with Gasteiger partial charge in [0.1, 0.15) is 5.75 Å². The highest BCUT2D eigenvalue weighted by atomic mass is 16.5. The Morgan fingerprint density at radius 1 is 1.33 bits per heavy atom. The monoisotopic (exact) mass is 207 g/mol. The summed E-state index contributed by atoms with van der Waals surface area (Å²) in [5.41, 5.74) is 2.57. The molecular formula is C13H21NO. The molecule has 2 nitrogen and oxygen atoms in total. The van der Waals surface area contributed by atoms with E-state index in [1.54, 1.807) is 7.11 Å². The van der Waals surface area contributed by atoms with Crippen molar-refractivity contribution >= 4 is 0 Å². The average Bonchev–Trinajstić information content (AvgIpc) is 2.28. The normalized spacial score (nSPS) is 11.5. The summed E-state index contributed by atoms with van der Waals surface area (Å²) in [4.78, 5) is 0. The lowest BCUT2D eigenvalue weighted by Crippen LogP contribution is -2.33. The highest BCUT2D eigenvalue weighted by Crippen LogP contribution is 2.26. The van der Waals surface area contributed by atoms with Gasteiger partial charge in [0.25, 0.3) is 0 Å². The highest BCUT2D eigenvalue weighted by Gasteiger charge is 2.18. The minimum absolute atomic E-state index is 0.0101. The summed E-state index contributed by atoms with van der Waals surface area (Å²) >= 11 is 0. The Hall–Kier alpha value is -1.02. The summed E-state index contributed by atoms with van der Waals surface area (Å²) in [5.74, 6) is 0.980. The van der Waals surface area contributed by atoms with Crippen molar-refractivity contribution in [1.29, 1.82) is 0 Å². The SMILES string of the molecule is CCc1cc(C(C)(C)NC)ccc1OC. The molecule has 0 spiro atoms. The third-order valence-corrected chi connectivity index (χ3v) is 3.01. The van der Waals surface area contributed by atoms with E-state index < -0.39 is 0 Å². The summed E-state index contributed by atoms with van der Waals surface area (Å²) in [6.07, 6.45) is 0.997. The van der Waals surface area contributed by atoms with Gasteiger partial charge in [0.15, 0.2) is 0 Å². The minimum Gasteiger partial charge on any atom is -0.496 e. The standard InChI is InChI=1S/C13H21NO/c1-6-10-9-11(13(2,3)14-4)7-8-12(10)15-5/h7-9,14H,6H2,1-5H3. The quantitative estimate of drug-likeness (QED) is 0.819. The molecule has 0 aliphatic heterocycles. The maximum absolute atomic E-state index is 5.32. The maximum atomic E-state index is 5.32. The van der Waals surface area contributed by atoms with Crippen molar-refractivity contribution in [3.8, 4) is 5.75 Å². The molecule has 0 unspecified atom stereocenters. The summed E-state index contributed by atoms with van der Waals surface area (Å²) in [6, 6.07) is 6.39. The van der Waals surface area contributed by atoms with Crippen LogP contribution in [-0.4, -0.2) is 14.2 Å². The predicted octanol–water partition coefficient (Wildman–Crippen LogP) is 2.71. The van der Waals surface area contributed by atoms with Crippen LogP contribution in [0.4, 0.5) is 0 Å². The summed E-state index contributed by atoms with van der Waals surface area (Å²) in [6.45, 7) is 6.50. The number of aryl methyl sites for hydroxylation is 1. The van der Waals surface area contributed by atoms with Gasteiger partial charge in [0.05, 0.1) is 7.11 Å². The van der Waals surface area contributed by atoms with Gasteiger partial charge >= 0.3 is 0 Å². The van der Waals surface area contributed by atoms with Crippen LogP contribution >= 0.6 is 0 Å². The van der Waals surface area contributed by atoms with Crippen LogP contribution in [0.3, 0.4) is 0 Å². The second-order valence-electron chi connectivity index (χ2n) is 4.26. The van der Waals surface area contributed by atoms with Crippen molar-refractivity contribution in [2.75, 3.05) is 14.2 Å². The third kappa shape index (κ3) is 2.51. The molecule has 0 saturated carbocycles. The highest BCUT2D eigenvalue weighted by molar-refractivity contribution is 5.39. The van der Waals surface area contributed by atoms with Crippen molar-refractivity contribution in [2.45, 2.75) is 32.7 Å². The molecule has 0 aromatic heterocycles. The van der Waals surface area contributed by atoms with E-state index >= 15 is 0 Å². The van der Waals surface area contributed by atoms with Crippen LogP contribution in [0.5, 0.6) is 5.75 Å². The van der Waals surface area contributed by atoms with Gasteiger partial charge in [-0.15, -0.1) is 0 Å². The third-order valence-electron chi connectivity index (χ3n) is 3.01. The predicted molar refractivity (Wildman–Crippen MR) is 64.5 cm³/mol. The Labute approximate surface area is 92.6 Å². The molecule has 0 radical (unpaired) electrons. The molecule has 0 amide bonds. The van der Waals surface area contributed by atoms with Crippen LogP contribution in [-0.2, 0) is 12.0 Å². The van der Waals surface area contributed by atoms with Gasteiger partial charge in [-0.1, -0.05) is 19.1 Å². The Balaban J connectivity index is 3.13. The largest absolute Gasteiger partial charge is 0.496 e. The fourth-order valence-corrected chi connectivity index (χ4v) is 1.59. The van der Waals surface area contributed by atoms with Crippen LogP contribution in [0.25, 0.3) is 0 Å². The molecule has 84 valence electrons. The Kier molecular flexibility index (Phi) is 3.75. The van der Waals surface area contributed by atoms with E-state index in [0.717, 1.165) is 12.2 Å². The molecular weight excluding hydrogens is 186 g/mol. The summed E-state index contributed by atoms with van der Waals surface area (Å²) in [5, 5.41) is 3.31. The number of nitrogens with one attached hydrogen (secondary N) is 1. The van der Waals surface area contributed by atoms with E-state index in [4.69, 9.17) is 4.74 Å². The fraction of sp³-hybridized carbons (Fsp3) is 0.538. The van der Waals surface area contributed by atoms with E-state index in [0.29, 0.717) is 0 Å². The van der Waals surface area contributed by atoms with E-state index in [1.807, 2.05) is 13.1 Å². The molecule has 0 saturated heterocycles. The van der Waals surface area contributed by atoms with Gasteiger partial charge < -0.3 is 10.1 Å². The first kappa shape index (κ1) is 12.1. The lowest BCUT2D eigenvalue weighted by Gasteiger charge is -2.25. The van der Waals surface area contributed by atoms with Crippen LogP contribution in [0.1, 0.15) is 31.9 Å². The molecule has 0 heterocycles. The molecule has 0 fully saturated rings. The van der Waals surface area contributed by atoms with Crippen molar-refractivity contribution in [3.05, 3.63) is 29.3 Å². The number of ether oxygens (including phenoxy) is 1. The molecule has 0 bridgehead atoms. The maximum Gasteiger partial charge on any atom is 0.122 e. The second kappa shape index (κ2) is 4.67. The van der Waals surface area contributed by atoms with Crippen LogP contribution in [0.2, 0.25) is 0 Å². The zero-order chi connectivity index (χ0) is 11.5. The van der Waals surface area contributed by atoms with Crippen molar-refractivity contribution in [1.82, 2.24) is 5.32 Å². The number of hydrogen-bond acceptors (Lipinski definition) is 2. The average molecular weight is 207 g/mol. The zero-order valence-electron chi connectivity index (χ0n) is 10.3. The second-order valence-corrected chi connectivity index (χ2v) is 4.26. The number of rotatable bonds is 4. The first-order valence-electron chi connectivity index (χ1n) is 5.41. The first-order chi connectivity index (χ1) is 7.05. The van der Waals surface area contributed by atoms with Gasteiger partial charge in [-0.3, -0.25) is 0 Å². The van der Waals surface area contributed by atoms with E-state index in [1.165, 1.54) is 11.1 Å². The Bertz CT molecular complexity index is 331. The summed E-state index contributed by atoms with van der Waals surface area (Å²) in [7, 11) is 3.70. The van der Waals surface area contributed by atoms with Crippen LogP contribution in [0, 0.1) is 0 Å². The first-order valence-corrected chi connectivity index (χ1v) is 5.41. The molecule has 0 atom stereocenters.